The molecule has 7 heteroatoms. The van der Waals surface area contributed by atoms with E-state index in [9.17, 15) is 4.79 Å². The second-order valence-corrected chi connectivity index (χ2v) is 5.44. The third-order valence-electron chi connectivity index (χ3n) is 3.78. The number of carbonyl (C=O) groups is 1. The maximum Gasteiger partial charge on any atom is 0.252 e. The van der Waals surface area contributed by atoms with Gasteiger partial charge < -0.3 is 15.2 Å². The van der Waals surface area contributed by atoms with Crippen LogP contribution in [0.25, 0.3) is 0 Å². The minimum absolute atomic E-state index is 0.442. The van der Waals surface area contributed by atoms with Crippen LogP contribution < -0.4 is 10.6 Å². The Kier molecular flexibility index (Phi) is 4.06. The molecule has 0 spiro atoms. The number of anilines is 1. The number of nitrogens with zero attached hydrogens (tertiary/aromatic N) is 4. The zero-order chi connectivity index (χ0) is 15.5. The van der Waals surface area contributed by atoms with Gasteiger partial charge in [-0.05, 0) is 19.1 Å². The van der Waals surface area contributed by atoms with Gasteiger partial charge in [0.1, 0.15) is 5.82 Å². The molecule has 3 heterocycles. The highest BCUT2D eigenvalue weighted by Gasteiger charge is 2.22. The maximum atomic E-state index is 11.5. The number of aromatic nitrogens is 2. The Morgan fingerprint density at radius 3 is 2.77 bits per heavy atom. The molecule has 0 radical (unpaired) electrons. The molecule has 3 rings (SSSR count). The van der Waals surface area contributed by atoms with E-state index in [1.165, 1.54) is 0 Å². The smallest absolute Gasteiger partial charge is 0.252 e. The standard InChI is InChI=1S/C15H19N5O2/c1-11-9-12(22-18-11)10-19-5-7-20(8-6-19)15-13(14(16)21)3-2-4-17-15/h2-4,9H,5-8,10H2,1H3,(H2,16,21). The lowest BCUT2D eigenvalue weighted by Gasteiger charge is -2.35. The Balaban J connectivity index is 1.63. The molecule has 2 aromatic rings. The first-order chi connectivity index (χ1) is 10.6. The van der Waals surface area contributed by atoms with Crippen molar-refractivity contribution in [2.75, 3.05) is 31.1 Å². The topological polar surface area (TPSA) is 88.5 Å². The van der Waals surface area contributed by atoms with Crippen molar-refractivity contribution in [3.05, 3.63) is 41.4 Å². The van der Waals surface area contributed by atoms with Gasteiger partial charge in [0.05, 0.1) is 17.8 Å². The maximum absolute atomic E-state index is 11.5. The number of nitrogens with two attached hydrogens (primary N) is 1. The van der Waals surface area contributed by atoms with Gasteiger partial charge in [0.25, 0.3) is 5.91 Å². The van der Waals surface area contributed by atoms with Crippen LogP contribution in [0.3, 0.4) is 0 Å². The Labute approximate surface area is 128 Å². The van der Waals surface area contributed by atoms with E-state index in [4.69, 9.17) is 10.3 Å². The minimum Gasteiger partial charge on any atom is -0.365 e. The molecular formula is C15H19N5O2. The predicted molar refractivity (Wildman–Crippen MR) is 81.5 cm³/mol. The summed E-state index contributed by atoms with van der Waals surface area (Å²) in [4.78, 5) is 20.2. The van der Waals surface area contributed by atoms with Crippen molar-refractivity contribution in [1.29, 1.82) is 0 Å². The van der Waals surface area contributed by atoms with Gasteiger partial charge in [-0.1, -0.05) is 5.16 Å². The van der Waals surface area contributed by atoms with Crippen LogP contribution in [0.1, 0.15) is 21.8 Å². The van der Waals surface area contributed by atoms with Crippen LogP contribution in [-0.2, 0) is 6.54 Å². The van der Waals surface area contributed by atoms with Gasteiger partial charge in [0.15, 0.2) is 5.76 Å². The first-order valence-electron chi connectivity index (χ1n) is 7.28. The van der Waals surface area contributed by atoms with Crippen molar-refractivity contribution in [3.8, 4) is 0 Å². The highest BCUT2D eigenvalue weighted by Crippen LogP contribution is 2.19. The monoisotopic (exact) mass is 301 g/mol. The zero-order valence-electron chi connectivity index (χ0n) is 12.5. The highest BCUT2D eigenvalue weighted by molar-refractivity contribution is 5.97. The van der Waals surface area contributed by atoms with Crippen LogP contribution in [-0.4, -0.2) is 47.1 Å². The summed E-state index contributed by atoms with van der Waals surface area (Å²) in [6, 6.07) is 5.40. The number of hydrogen-bond acceptors (Lipinski definition) is 6. The Hall–Kier alpha value is -2.41. The van der Waals surface area contributed by atoms with Gasteiger partial charge in [0.2, 0.25) is 0 Å². The van der Waals surface area contributed by atoms with Crippen LogP contribution in [0.4, 0.5) is 5.82 Å². The number of rotatable bonds is 4. The van der Waals surface area contributed by atoms with Gasteiger partial charge in [-0.3, -0.25) is 9.69 Å². The third-order valence-corrected chi connectivity index (χ3v) is 3.78. The van der Waals surface area contributed by atoms with Crippen molar-refractivity contribution in [3.63, 3.8) is 0 Å². The number of hydrogen-bond donors (Lipinski definition) is 1. The van der Waals surface area contributed by atoms with Crippen molar-refractivity contribution in [2.45, 2.75) is 13.5 Å². The first-order valence-corrected chi connectivity index (χ1v) is 7.28. The van der Waals surface area contributed by atoms with Crippen molar-refractivity contribution in [2.24, 2.45) is 5.73 Å². The molecule has 2 aromatic heterocycles. The molecule has 0 unspecified atom stereocenters. The SMILES string of the molecule is Cc1cc(CN2CCN(c3ncccc3C(N)=O)CC2)on1. The summed E-state index contributed by atoms with van der Waals surface area (Å²) in [6.45, 7) is 5.99. The third kappa shape index (κ3) is 3.09. The van der Waals surface area contributed by atoms with Gasteiger partial charge in [-0.15, -0.1) is 0 Å². The second-order valence-electron chi connectivity index (χ2n) is 5.44. The molecule has 1 amide bonds. The normalized spacial score (nSPS) is 16.0. The van der Waals surface area contributed by atoms with E-state index in [0.29, 0.717) is 11.4 Å². The first kappa shape index (κ1) is 14.5. The zero-order valence-corrected chi connectivity index (χ0v) is 12.5. The fourth-order valence-corrected chi connectivity index (χ4v) is 2.67. The molecule has 7 nitrogen and oxygen atoms in total. The van der Waals surface area contributed by atoms with E-state index in [1.807, 2.05) is 13.0 Å². The van der Waals surface area contributed by atoms with Crippen LogP contribution >= 0.6 is 0 Å². The quantitative estimate of drug-likeness (QED) is 0.898. The van der Waals surface area contributed by atoms with Crippen LogP contribution in [0.15, 0.2) is 28.9 Å². The Bertz CT molecular complexity index is 661. The lowest BCUT2D eigenvalue weighted by Crippen LogP contribution is -2.46. The van der Waals surface area contributed by atoms with E-state index >= 15 is 0 Å². The van der Waals surface area contributed by atoms with E-state index in [-0.39, 0.29) is 0 Å². The molecule has 0 aliphatic carbocycles. The fraction of sp³-hybridized carbons (Fsp3) is 0.400. The molecule has 1 fully saturated rings. The summed E-state index contributed by atoms with van der Waals surface area (Å²) in [5, 5.41) is 3.90. The van der Waals surface area contributed by atoms with Gasteiger partial charge in [-0.2, -0.15) is 0 Å². The summed E-state index contributed by atoms with van der Waals surface area (Å²) < 4.78 is 5.25. The van der Waals surface area contributed by atoms with Crippen molar-refractivity contribution < 1.29 is 9.32 Å². The number of aryl methyl sites for hydroxylation is 1. The molecule has 1 saturated heterocycles. The van der Waals surface area contributed by atoms with Crippen LogP contribution in [0.2, 0.25) is 0 Å². The molecule has 0 atom stereocenters. The molecule has 0 aromatic carbocycles. The minimum atomic E-state index is -0.442. The number of pyridine rings is 1. The van der Waals surface area contributed by atoms with Crippen LogP contribution in [0, 0.1) is 6.92 Å². The van der Waals surface area contributed by atoms with Crippen molar-refractivity contribution in [1.82, 2.24) is 15.0 Å². The van der Waals surface area contributed by atoms with Crippen molar-refractivity contribution >= 4 is 11.7 Å². The fourth-order valence-electron chi connectivity index (χ4n) is 2.67. The lowest BCUT2D eigenvalue weighted by atomic mass is 10.2. The summed E-state index contributed by atoms with van der Waals surface area (Å²) in [5.41, 5.74) is 6.79. The number of carbonyl (C=O) groups excluding carboxylic acids is 1. The molecular weight excluding hydrogens is 282 g/mol. The molecule has 1 aliphatic rings. The van der Waals surface area contributed by atoms with E-state index in [1.54, 1.807) is 18.3 Å². The van der Waals surface area contributed by atoms with Gasteiger partial charge in [0, 0.05) is 38.4 Å². The highest BCUT2D eigenvalue weighted by atomic mass is 16.5. The number of primary amides is 1. The molecule has 2 N–H and O–H groups in total. The summed E-state index contributed by atoms with van der Waals surface area (Å²) in [5.74, 6) is 1.11. The summed E-state index contributed by atoms with van der Waals surface area (Å²) in [7, 11) is 0. The summed E-state index contributed by atoms with van der Waals surface area (Å²) >= 11 is 0. The molecule has 116 valence electrons. The second kappa shape index (κ2) is 6.15. The lowest BCUT2D eigenvalue weighted by molar-refractivity contribution is 0.1000. The average Bonchev–Trinajstić information content (AvgIpc) is 2.93. The largest absolute Gasteiger partial charge is 0.365 e. The van der Waals surface area contributed by atoms with E-state index in [0.717, 1.165) is 44.2 Å². The number of amides is 1. The van der Waals surface area contributed by atoms with Crippen LogP contribution in [0.5, 0.6) is 0 Å². The Morgan fingerprint density at radius 1 is 1.36 bits per heavy atom. The Morgan fingerprint density at radius 2 is 2.14 bits per heavy atom. The van der Waals surface area contributed by atoms with E-state index in [2.05, 4.69) is 19.9 Å². The van der Waals surface area contributed by atoms with E-state index < -0.39 is 5.91 Å². The molecule has 0 saturated carbocycles. The molecule has 0 bridgehead atoms. The van der Waals surface area contributed by atoms with Gasteiger partial charge in [-0.25, -0.2) is 4.98 Å². The van der Waals surface area contributed by atoms with Gasteiger partial charge >= 0.3 is 0 Å². The molecule has 22 heavy (non-hydrogen) atoms. The number of piperazine rings is 1. The predicted octanol–water partition coefficient (Wildman–Crippen LogP) is 0.799. The average molecular weight is 301 g/mol. The summed E-state index contributed by atoms with van der Waals surface area (Å²) in [6.07, 6.45) is 1.69. The molecule has 1 aliphatic heterocycles.